The molecule has 9 heteroatoms. The van der Waals surface area contributed by atoms with Gasteiger partial charge in [0.15, 0.2) is 9.84 Å². The summed E-state index contributed by atoms with van der Waals surface area (Å²) in [6, 6.07) is 2.34. The predicted octanol–water partition coefficient (Wildman–Crippen LogP) is 2.26. The summed E-state index contributed by atoms with van der Waals surface area (Å²) in [5, 5.41) is 18.5. The van der Waals surface area contributed by atoms with Gasteiger partial charge in [0.05, 0.1) is 20.5 Å². The van der Waals surface area contributed by atoms with Crippen molar-refractivity contribution in [1.82, 2.24) is 5.32 Å². The Kier molecular flexibility index (Phi) is 5.77. The lowest BCUT2D eigenvalue weighted by Gasteiger charge is -2.12. The van der Waals surface area contributed by atoms with Gasteiger partial charge in [0.2, 0.25) is 0 Å². The summed E-state index contributed by atoms with van der Waals surface area (Å²) in [5.41, 5.74) is -0.0623. The minimum absolute atomic E-state index is 0.0492. The van der Waals surface area contributed by atoms with E-state index in [2.05, 4.69) is 5.32 Å². The van der Waals surface area contributed by atoms with Crippen molar-refractivity contribution in [3.8, 4) is 0 Å². The zero-order valence-corrected chi connectivity index (χ0v) is 13.2. The van der Waals surface area contributed by atoms with E-state index in [4.69, 9.17) is 33.7 Å². The second kappa shape index (κ2) is 6.93. The first-order chi connectivity index (χ1) is 9.68. The van der Waals surface area contributed by atoms with Crippen molar-refractivity contribution in [3.63, 3.8) is 0 Å². The summed E-state index contributed by atoms with van der Waals surface area (Å²) < 4.78 is 23.5. The van der Waals surface area contributed by atoms with E-state index < -0.39 is 15.8 Å². The average molecular weight is 351 g/mol. The fraction of sp³-hybridized carbons (Fsp3) is 0.167. The first-order valence-corrected chi connectivity index (χ1v) is 8.17. The number of aromatic carboxylic acids is 1. The number of rotatable bonds is 6. The Labute approximate surface area is 131 Å². The highest BCUT2D eigenvalue weighted by atomic mass is 35.5. The van der Waals surface area contributed by atoms with Crippen LogP contribution in [0, 0.1) is 5.41 Å². The fourth-order valence-electron chi connectivity index (χ4n) is 1.57. The van der Waals surface area contributed by atoms with Crippen LogP contribution in [-0.2, 0) is 16.4 Å². The number of halogens is 2. The highest BCUT2D eigenvalue weighted by molar-refractivity contribution is 7.90. The van der Waals surface area contributed by atoms with E-state index in [1.807, 2.05) is 0 Å². The summed E-state index contributed by atoms with van der Waals surface area (Å²) >= 11 is 11.6. The van der Waals surface area contributed by atoms with Gasteiger partial charge >= 0.3 is 5.97 Å². The first-order valence-electron chi connectivity index (χ1n) is 5.52. The molecular weight excluding hydrogens is 339 g/mol. The van der Waals surface area contributed by atoms with Crippen LogP contribution in [0.25, 0.3) is 0 Å². The lowest BCUT2D eigenvalue weighted by molar-refractivity contribution is 0.0697. The molecule has 0 saturated carbocycles. The smallest absolute Gasteiger partial charge is 0.337 e. The zero-order chi connectivity index (χ0) is 16.2. The third-order valence-electron chi connectivity index (χ3n) is 2.49. The van der Waals surface area contributed by atoms with Gasteiger partial charge < -0.3 is 15.8 Å². The molecule has 0 heterocycles. The Morgan fingerprint density at radius 3 is 2.57 bits per heavy atom. The monoisotopic (exact) mass is 350 g/mol. The normalized spacial score (nSPS) is 12.0. The molecule has 0 unspecified atom stereocenters. The van der Waals surface area contributed by atoms with Crippen LogP contribution >= 0.6 is 23.2 Å². The highest BCUT2D eigenvalue weighted by Gasteiger charge is 2.20. The molecule has 0 atom stereocenters. The third kappa shape index (κ3) is 4.45. The van der Waals surface area contributed by atoms with Crippen LogP contribution in [0.3, 0.4) is 0 Å². The Morgan fingerprint density at radius 1 is 1.48 bits per heavy atom. The second-order valence-corrected chi connectivity index (χ2v) is 6.83. The van der Waals surface area contributed by atoms with E-state index in [-0.39, 0.29) is 32.6 Å². The van der Waals surface area contributed by atoms with Crippen LogP contribution in [-0.4, -0.2) is 32.0 Å². The summed E-state index contributed by atoms with van der Waals surface area (Å²) in [6.45, 7) is -0.0492. The maximum Gasteiger partial charge on any atom is 0.337 e. The molecule has 1 rings (SSSR count). The summed E-state index contributed by atoms with van der Waals surface area (Å²) in [7, 11) is -3.57. The molecule has 1 aromatic carbocycles. The predicted molar refractivity (Wildman–Crippen MR) is 81.1 cm³/mol. The van der Waals surface area contributed by atoms with E-state index in [9.17, 15) is 13.2 Å². The maximum atomic E-state index is 11.7. The standard InChI is InChI=1S/C12H12Cl2N2O4S/c1-21(19,20)10-3-2-8(12(17)18)11(14)9(10)6-16-5-7(13)4-15/h2-5,15-16H,6H2,1H3,(H,17,18)/b7-5+,15-4?. The van der Waals surface area contributed by atoms with Gasteiger partial charge in [-0.2, -0.15) is 0 Å². The Hall–Kier alpha value is -1.57. The highest BCUT2D eigenvalue weighted by Crippen LogP contribution is 2.28. The number of hydrogen-bond acceptors (Lipinski definition) is 5. The topological polar surface area (TPSA) is 107 Å². The molecule has 0 radical (unpaired) electrons. The molecular formula is C12H12Cl2N2O4S. The average Bonchev–Trinajstić information content (AvgIpc) is 2.38. The Bertz CT molecular complexity index is 714. The van der Waals surface area contributed by atoms with Gasteiger partial charge in [0, 0.05) is 30.8 Å². The van der Waals surface area contributed by atoms with Gasteiger partial charge in [-0.05, 0) is 12.1 Å². The number of carboxylic acids is 1. The molecule has 0 amide bonds. The van der Waals surface area contributed by atoms with Gasteiger partial charge in [0.1, 0.15) is 0 Å². The maximum absolute atomic E-state index is 11.7. The number of carboxylic acid groups (broad SMARTS) is 1. The largest absolute Gasteiger partial charge is 0.478 e. The number of nitrogens with one attached hydrogen (secondary N) is 2. The quantitative estimate of drug-likeness (QED) is 0.682. The minimum atomic E-state index is -3.57. The van der Waals surface area contributed by atoms with Gasteiger partial charge in [-0.15, -0.1) is 0 Å². The number of carbonyl (C=O) groups is 1. The van der Waals surface area contributed by atoms with Crippen molar-refractivity contribution >= 4 is 45.2 Å². The van der Waals surface area contributed by atoms with Crippen LogP contribution in [0.1, 0.15) is 15.9 Å². The molecule has 0 aliphatic rings. The van der Waals surface area contributed by atoms with E-state index >= 15 is 0 Å². The van der Waals surface area contributed by atoms with Crippen molar-refractivity contribution < 1.29 is 18.3 Å². The first kappa shape index (κ1) is 17.5. The van der Waals surface area contributed by atoms with Crippen LogP contribution in [0.4, 0.5) is 0 Å². The van der Waals surface area contributed by atoms with Gasteiger partial charge in [-0.3, -0.25) is 0 Å². The zero-order valence-electron chi connectivity index (χ0n) is 10.9. The number of sulfone groups is 1. The second-order valence-electron chi connectivity index (χ2n) is 4.04. The van der Waals surface area contributed by atoms with Crippen molar-refractivity contribution in [2.24, 2.45) is 0 Å². The van der Waals surface area contributed by atoms with Crippen molar-refractivity contribution in [1.29, 1.82) is 5.41 Å². The summed E-state index contributed by atoms with van der Waals surface area (Å²) in [4.78, 5) is 11.0. The molecule has 21 heavy (non-hydrogen) atoms. The molecule has 0 aromatic heterocycles. The lowest BCUT2D eigenvalue weighted by atomic mass is 10.1. The minimum Gasteiger partial charge on any atom is -0.478 e. The van der Waals surface area contributed by atoms with Gasteiger partial charge in [-0.25, -0.2) is 13.2 Å². The van der Waals surface area contributed by atoms with Crippen molar-refractivity contribution in [3.05, 3.63) is 39.5 Å². The molecule has 1 aromatic rings. The Morgan fingerprint density at radius 2 is 2.10 bits per heavy atom. The molecule has 0 aliphatic heterocycles. The number of hydrogen-bond donors (Lipinski definition) is 3. The molecule has 6 nitrogen and oxygen atoms in total. The van der Waals surface area contributed by atoms with Gasteiger partial charge in [-0.1, -0.05) is 23.2 Å². The summed E-state index contributed by atoms with van der Waals surface area (Å²) in [5.74, 6) is -1.26. The third-order valence-corrected chi connectivity index (χ3v) is 4.32. The molecule has 0 spiro atoms. The molecule has 114 valence electrons. The molecule has 0 aliphatic carbocycles. The lowest BCUT2D eigenvalue weighted by Crippen LogP contribution is -2.13. The van der Waals surface area contributed by atoms with Gasteiger partial charge in [0.25, 0.3) is 0 Å². The Balaban J connectivity index is 3.33. The fourth-order valence-corrected chi connectivity index (χ4v) is 2.96. The molecule has 0 saturated heterocycles. The van der Waals surface area contributed by atoms with Crippen LogP contribution in [0.5, 0.6) is 0 Å². The van der Waals surface area contributed by atoms with E-state index in [1.165, 1.54) is 12.3 Å². The SMILES string of the molecule is CS(=O)(=O)c1ccc(C(=O)O)c(Cl)c1CN/C=C(/Cl)C=N. The van der Waals surface area contributed by atoms with E-state index in [1.54, 1.807) is 0 Å². The molecule has 0 fully saturated rings. The van der Waals surface area contributed by atoms with E-state index in [0.29, 0.717) is 0 Å². The number of allylic oxidation sites excluding steroid dienone is 1. The number of benzene rings is 1. The van der Waals surface area contributed by atoms with Crippen LogP contribution < -0.4 is 5.32 Å². The van der Waals surface area contributed by atoms with Crippen molar-refractivity contribution in [2.45, 2.75) is 11.4 Å². The molecule has 3 N–H and O–H groups in total. The van der Waals surface area contributed by atoms with Crippen molar-refractivity contribution in [2.75, 3.05) is 6.26 Å². The van der Waals surface area contributed by atoms with Crippen LogP contribution in [0.2, 0.25) is 5.02 Å². The molecule has 0 bridgehead atoms. The van der Waals surface area contributed by atoms with E-state index in [0.717, 1.165) is 18.5 Å². The summed E-state index contributed by atoms with van der Waals surface area (Å²) in [6.07, 6.45) is 3.18. The van der Waals surface area contributed by atoms with Crippen LogP contribution in [0.15, 0.2) is 28.3 Å².